The van der Waals surface area contributed by atoms with Gasteiger partial charge in [0.05, 0.1) is 27.9 Å². The van der Waals surface area contributed by atoms with Gasteiger partial charge in [0.25, 0.3) is 5.91 Å². The van der Waals surface area contributed by atoms with Gasteiger partial charge in [0.15, 0.2) is 11.3 Å². The first-order valence-electron chi connectivity index (χ1n) is 21.0. The Hall–Kier alpha value is -5.45. The molecule has 14 nitrogen and oxygen atoms in total. The minimum Gasteiger partial charge on any atom is -0.507 e. The van der Waals surface area contributed by atoms with Crippen LogP contribution in [0.1, 0.15) is 75.6 Å². The molecule has 2 aromatic carbocycles. The molecule has 0 radical (unpaired) electrons. The predicted molar refractivity (Wildman–Crippen MR) is 230 cm³/mol. The SMILES string of the molecule is Cc1ncsc1-c1ccc(CNC(=O)[C@@H]2C[C@@H](O)CN2C(=O)[C@@H](NC(=O)C2(F)CC2)C(C)(C)C)c(OCCN2CCC(c3c[nH]c4nnc(-c5ccccc5O)cc34)CC2)c1. The first kappa shape index (κ1) is 42.2. The van der Waals surface area contributed by atoms with Gasteiger partial charge in [-0.2, -0.15) is 0 Å². The number of aryl methyl sites for hydroxylation is 1. The van der Waals surface area contributed by atoms with Crippen LogP contribution in [0.3, 0.4) is 0 Å². The lowest BCUT2D eigenvalue weighted by atomic mass is 9.85. The Kier molecular flexibility index (Phi) is 11.9. The molecule has 2 aliphatic heterocycles. The van der Waals surface area contributed by atoms with Crippen molar-refractivity contribution in [1.82, 2.24) is 40.6 Å². The Morgan fingerprint density at radius 1 is 1.10 bits per heavy atom. The second-order valence-electron chi connectivity index (χ2n) is 17.7. The molecular weight excluding hydrogens is 800 g/mol. The average molecular weight is 853 g/mol. The van der Waals surface area contributed by atoms with E-state index in [1.807, 2.05) is 49.5 Å². The van der Waals surface area contributed by atoms with Crippen molar-refractivity contribution in [2.75, 3.05) is 32.8 Å². The number of ether oxygens (including phenoxy) is 1. The van der Waals surface area contributed by atoms with Crippen LogP contribution < -0.4 is 15.4 Å². The number of H-pyrrole nitrogens is 1. The number of aliphatic hydroxyl groups excluding tert-OH is 1. The molecule has 1 aliphatic carbocycles. The summed E-state index contributed by atoms with van der Waals surface area (Å²) in [5.74, 6) is -0.683. The third-order valence-corrected chi connectivity index (χ3v) is 13.2. The molecule has 3 aromatic heterocycles. The number of phenolic OH excluding ortho intramolecular Hbond substituents is 1. The van der Waals surface area contributed by atoms with E-state index in [4.69, 9.17) is 4.74 Å². The first-order chi connectivity index (χ1) is 29.2. The van der Waals surface area contributed by atoms with Crippen molar-refractivity contribution in [3.63, 3.8) is 0 Å². The topological polar surface area (TPSA) is 186 Å². The van der Waals surface area contributed by atoms with Gasteiger partial charge >= 0.3 is 0 Å². The van der Waals surface area contributed by atoms with Crippen molar-refractivity contribution in [3.05, 3.63) is 77.1 Å². The number of aromatic amines is 1. The van der Waals surface area contributed by atoms with E-state index in [0.717, 1.165) is 58.7 Å². The predicted octanol–water partition coefficient (Wildman–Crippen LogP) is 5.63. The Morgan fingerprint density at radius 3 is 2.57 bits per heavy atom. The van der Waals surface area contributed by atoms with Crippen LogP contribution in [0, 0.1) is 12.3 Å². The molecular formula is C45H53FN8O6S. The van der Waals surface area contributed by atoms with Crippen molar-refractivity contribution < 1.29 is 33.7 Å². The zero-order valence-corrected chi connectivity index (χ0v) is 35.7. The Morgan fingerprint density at radius 2 is 1.87 bits per heavy atom. The van der Waals surface area contributed by atoms with Crippen LogP contribution in [-0.4, -0.2) is 115 Å². The number of nitrogens with one attached hydrogen (secondary N) is 3. The highest BCUT2D eigenvalue weighted by atomic mass is 32.1. The second-order valence-corrected chi connectivity index (χ2v) is 18.5. The molecule has 0 unspecified atom stereocenters. The summed E-state index contributed by atoms with van der Waals surface area (Å²) >= 11 is 1.54. The van der Waals surface area contributed by atoms with Crippen molar-refractivity contribution in [2.24, 2.45) is 5.41 Å². The summed E-state index contributed by atoms with van der Waals surface area (Å²) in [7, 11) is 0. The maximum atomic E-state index is 14.6. The molecule has 16 heteroatoms. The number of alkyl halides is 1. The van der Waals surface area contributed by atoms with Crippen molar-refractivity contribution >= 4 is 40.1 Å². The maximum Gasteiger partial charge on any atom is 0.258 e. The fourth-order valence-electron chi connectivity index (χ4n) is 8.43. The number of likely N-dealkylation sites (tertiary alicyclic amines) is 2. The minimum absolute atomic E-state index is 0.0345. The Labute approximate surface area is 357 Å². The summed E-state index contributed by atoms with van der Waals surface area (Å²) in [5, 5.41) is 36.4. The molecule has 1 saturated carbocycles. The highest BCUT2D eigenvalue weighted by Gasteiger charge is 2.53. The number of carbonyl (C=O) groups excluding carboxylic acids is 3. The fourth-order valence-corrected chi connectivity index (χ4v) is 9.23. The average Bonchev–Trinajstić information content (AvgIpc) is 3.52. The summed E-state index contributed by atoms with van der Waals surface area (Å²) in [6.45, 7) is 10.2. The van der Waals surface area contributed by atoms with Gasteiger partial charge in [0.1, 0.15) is 30.2 Å². The molecule has 5 N–H and O–H groups in total. The van der Waals surface area contributed by atoms with Gasteiger partial charge in [0, 0.05) is 48.8 Å². The molecule has 61 heavy (non-hydrogen) atoms. The number of rotatable bonds is 13. The van der Waals surface area contributed by atoms with E-state index in [-0.39, 0.29) is 38.1 Å². The molecule has 5 heterocycles. The van der Waals surface area contributed by atoms with Gasteiger partial charge in [-0.15, -0.1) is 21.5 Å². The van der Waals surface area contributed by atoms with Crippen LogP contribution in [0.5, 0.6) is 11.5 Å². The number of thiazole rings is 1. The number of fused-ring (bicyclic) bond motifs is 1. The third kappa shape index (κ3) is 9.12. The number of phenols is 1. The van der Waals surface area contributed by atoms with Crippen LogP contribution in [-0.2, 0) is 20.9 Å². The molecule has 3 amide bonds. The van der Waals surface area contributed by atoms with Crippen LogP contribution >= 0.6 is 11.3 Å². The van der Waals surface area contributed by atoms with Crippen LogP contribution in [0.25, 0.3) is 32.7 Å². The molecule has 2 saturated heterocycles. The van der Waals surface area contributed by atoms with Gasteiger partial charge in [-0.25, -0.2) is 9.37 Å². The number of aromatic hydroxyl groups is 1. The summed E-state index contributed by atoms with van der Waals surface area (Å²) in [6, 6.07) is 12.9. The summed E-state index contributed by atoms with van der Waals surface area (Å²) in [6.07, 6.45) is 3.26. The standard InChI is InChI=1S/C45H53FN8O6S/c1-26-38(61-25-49-26)28-9-10-29(22-48-41(57)35-20-30(55)24-54(35)42(58)39(44(2,3)4)50-43(59)45(46)13-14-45)37(19-28)60-18-17-53-15-11-27(12-16-53)33-23-47-40-32(33)21-34(51-52-40)31-7-5-6-8-36(31)56/h5-10,19,21,23,25,27,30,35,39,55-56H,11-18,20,22,24H2,1-4H3,(H,47,52)(H,48,57)(H,50,59)/t30-,35+,39-/m1/s1. The Balaban J connectivity index is 0.910. The summed E-state index contributed by atoms with van der Waals surface area (Å²) in [5.41, 5.74) is 4.86. The lowest BCUT2D eigenvalue weighted by molar-refractivity contribution is -0.145. The second kappa shape index (κ2) is 17.1. The number of piperidine rings is 1. The molecule has 0 bridgehead atoms. The number of benzene rings is 2. The zero-order valence-electron chi connectivity index (χ0n) is 34.9. The number of hydrogen-bond acceptors (Lipinski definition) is 11. The number of nitrogens with zero attached hydrogens (tertiary/aromatic N) is 5. The molecule has 3 atom stereocenters. The van der Waals surface area contributed by atoms with E-state index >= 15 is 0 Å². The van der Waals surface area contributed by atoms with Crippen LogP contribution in [0.2, 0.25) is 0 Å². The minimum atomic E-state index is -1.97. The van der Waals surface area contributed by atoms with E-state index < -0.39 is 47.0 Å². The molecule has 0 spiro atoms. The van der Waals surface area contributed by atoms with E-state index in [0.29, 0.717) is 36.1 Å². The number of carbonyl (C=O) groups is 3. The number of halogens is 1. The molecule has 322 valence electrons. The molecule has 3 aliphatic rings. The van der Waals surface area contributed by atoms with Crippen molar-refractivity contribution in [2.45, 2.75) is 96.1 Å². The normalized spacial score (nSPS) is 19.8. The van der Waals surface area contributed by atoms with E-state index in [1.54, 1.807) is 49.8 Å². The lowest BCUT2D eigenvalue weighted by Gasteiger charge is -2.35. The summed E-state index contributed by atoms with van der Waals surface area (Å²) in [4.78, 5) is 52.9. The van der Waals surface area contributed by atoms with Crippen LogP contribution in [0.4, 0.5) is 4.39 Å². The first-order valence-corrected chi connectivity index (χ1v) is 21.8. The number of β-amino-alcohol motifs (C(OH)–C–C–N with tert-alkyl or cyclic N) is 1. The smallest absolute Gasteiger partial charge is 0.258 e. The van der Waals surface area contributed by atoms with Crippen LogP contribution in [0.15, 0.2) is 60.2 Å². The van der Waals surface area contributed by atoms with Crippen molar-refractivity contribution in [1.29, 1.82) is 0 Å². The van der Waals surface area contributed by atoms with Gasteiger partial charge in [0.2, 0.25) is 11.8 Å². The quantitative estimate of drug-likeness (QED) is 0.0995. The van der Waals surface area contributed by atoms with Gasteiger partial charge in [-0.3, -0.25) is 19.3 Å². The maximum absolute atomic E-state index is 14.6. The zero-order chi connectivity index (χ0) is 43.1. The molecule has 3 fully saturated rings. The van der Waals surface area contributed by atoms with Gasteiger partial charge in [-0.05, 0) is 92.4 Å². The fraction of sp³-hybridized carbons (Fsp3) is 0.467. The summed E-state index contributed by atoms with van der Waals surface area (Å²) < 4.78 is 21.1. The lowest BCUT2D eigenvalue weighted by Crippen LogP contribution is -2.59. The van der Waals surface area contributed by atoms with E-state index in [2.05, 4.69) is 35.7 Å². The molecule has 8 rings (SSSR count). The monoisotopic (exact) mass is 852 g/mol. The highest BCUT2D eigenvalue weighted by Crippen LogP contribution is 2.41. The number of para-hydroxylation sites is 1. The third-order valence-electron chi connectivity index (χ3n) is 12.2. The number of aromatic nitrogens is 4. The number of aliphatic hydroxyl groups is 1. The number of hydrogen-bond donors (Lipinski definition) is 5. The molecule has 5 aromatic rings. The largest absolute Gasteiger partial charge is 0.507 e. The van der Waals surface area contributed by atoms with Gasteiger partial charge < -0.3 is 35.5 Å². The van der Waals surface area contributed by atoms with E-state index in [9.17, 15) is 29.0 Å². The number of amides is 3. The van der Waals surface area contributed by atoms with E-state index in [1.165, 1.54) is 10.5 Å². The highest BCUT2D eigenvalue weighted by molar-refractivity contribution is 7.13. The van der Waals surface area contributed by atoms with Crippen molar-refractivity contribution in [3.8, 4) is 33.2 Å². The Bertz CT molecular complexity index is 2420. The van der Waals surface area contributed by atoms with Gasteiger partial charge in [-0.1, -0.05) is 45.0 Å².